The van der Waals surface area contributed by atoms with Crippen LogP contribution in [0, 0.1) is 5.82 Å². The second kappa shape index (κ2) is 7.24. The zero-order chi connectivity index (χ0) is 17.9. The van der Waals surface area contributed by atoms with E-state index in [9.17, 15) is 9.18 Å². The molecule has 4 heteroatoms. The van der Waals surface area contributed by atoms with Gasteiger partial charge >= 0.3 is 0 Å². The number of nitrogens with zero attached hydrogens (tertiary/aromatic N) is 1. The molecule has 0 spiro atoms. The number of fused-ring (bicyclic) bond motifs is 1. The molecule has 0 aliphatic heterocycles. The van der Waals surface area contributed by atoms with Crippen molar-refractivity contribution in [3.8, 4) is 11.3 Å². The third-order valence-corrected chi connectivity index (χ3v) is 5.03. The molecule has 0 bridgehead atoms. The minimum atomic E-state index is -0.363. The van der Waals surface area contributed by atoms with Gasteiger partial charge in [0.05, 0.1) is 16.8 Å². The molecule has 0 radical (unpaired) electrons. The zero-order valence-corrected chi connectivity index (χ0v) is 14.5. The molecule has 0 saturated heterocycles. The fourth-order valence-electron chi connectivity index (χ4n) is 3.65. The Hall–Kier alpha value is -2.75. The van der Waals surface area contributed by atoms with E-state index in [1.54, 1.807) is 12.1 Å². The minimum Gasteiger partial charge on any atom is -0.349 e. The molecule has 1 heterocycles. The van der Waals surface area contributed by atoms with Crippen LogP contribution < -0.4 is 5.32 Å². The van der Waals surface area contributed by atoms with Crippen LogP contribution in [0.5, 0.6) is 0 Å². The predicted octanol–water partition coefficient (Wildman–Crippen LogP) is 5.10. The lowest BCUT2D eigenvalue weighted by Gasteiger charge is -2.23. The van der Waals surface area contributed by atoms with Crippen molar-refractivity contribution in [2.45, 2.75) is 38.1 Å². The van der Waals surface area contributed by atoms with Gasteiger partial charge in [-0.2, -0.15) is 0 Å². The summed E-state index contributed by atoms with van der Waals surface area (Å²) in [6.07, 6.45) is 5.54. The summed E-state index contributed by atoms with van der Waals surface area (Å²) in [5.41, 5.74) is 2.77. The topological polar surface area (TPSA) is 42.0 Å². The van der Waals surface area contributed by atoms with E-state index in [2.05, 4.69) is 10.3 Å². The van der Waals surface area contributed by atoms with Crippen LogP contribution in [-0.2, 0) is 0 Å². The summed E-state index contributed by atoms with van der Waals surface area (Å²) >= 11 is 0. The largest absolute Gasteiger partial charge is 0.349 e. The molecule has 2 aromatic carbocycles. The highest BCUT2D eigenvalue weighted by Gasteiger charge is 2.19. The minimum absolute atomic E-state index is 0.146. The quantitative estimate of drug-likeness (QED) is 0.715. The van der Waals surface area contributed by atoms with Gasteiger partial charge in [-0.1, -0.05) is 49.6 Å². The first-order valence-corrected chi connectivity index (χ1v) is 9.17. The fourth-order valence-corrected chi connectivity index (χ4v) is 3.65. The van der Waals surface area contributed by atoms with E-state index in [1.807, 2.05) is 30.3 Å². The van der Waals surface area contributed by atoms with E-state index >= 15 is 0 Å². The molecule has 26 heavy (non-hydrogen) atoms. The normalized spacial score (nSPS) is 15.1. The number of amides is 1. The number of hydrogen-bond acceptors (Lipinski definition) is 2. The molecule has 3 aromatic rings. The van der Waals surface area contributed by atoms with E-state index < -0.39 is 0 Å². The maximum absolute atomic E-state index is 13.8. The van der Waals surface area contributed by atoms with Gasteiger partial charge in [-0.15, -0.1) is 0 Å². The third-order valence-electron chi connectivity index (χ3n) is 5.03. The number of benzene rings is 2. The predicted molar refractivity (Wildman–Crippen MR) is 101 cm³/mol. The third kappa shape index (κ3) is 3.45. The number of aromatic nitrogens is 1. The van der Waals surface area contributed by atoms with Crippen molar-refractivity contribution in [3.05, 3.63) is 66.0 Å². The summed E-state index contributed by atoms with van der Waals surface area (Å²) in [6, 6.07) is 16.1. The lowest BCUT2D eigenvalue weighted by molar-refractivity contribution is 0.0929. The van der Waals surface area contributed by atoms with Gasteiger partial charge < -0.3 is 5.32 Å². The van der Waals surface area contributed by atoms with Crippen molar-refractivity contribution >= 4 is 16.8 Å². The molecule has 3 nitrogen and oxygen atoms in total. The average Bonchev–Trinajstić information content (AvgIpc) is 2.68. The van der Waals surface area contributed by atoms with Crippen LogP contribution in [0.1, 0.15) is 42.5 Å². The Morgan fingerprint density at radius 3 is 2.54 bits per heavy atom. The molecule has 1 fully saturated rings. The Morgan fingerprint density at radius 1 is 1.00 bits per heavy atom. The fraction of sp³-hybridized carbons (Fsp3) is 0.273. The summed E-state index contributed by atoms with van der Waals surface area (Å²) in [5, 5.41) is 3.69. The lowest BCUT2D eigenvalue weighted by atomic mass is 9.95. The molecular weight excluding hydrogens is 327 g/mol. The SMILES string of the molecule is O=C(NC1CCCCC1)c1cc(-c2ccccc2)nc2ccc(F)cc12. The van der Waals surface area contributed by atoms with Crippen molar-refractivity contribution < 1.29 is 9.18 Å². The van der Waals surface area contributed by atoms with Crippen LogP contribution in [0.15, 0.2) is 54.6 Å². The Labute approximate surface area is 152 Å². The van der Waals surface area contributed by atoms with E-state index in [0.29, 0.717) is 16.5 Å². The van der Waals surface area contributed by atoms with Gasteiger partial charge in [0.25, 0.3) is 5.91 Å². The standard InChI is InChI=1S/C22H21FN2O/c23-16-11-12-20-18(13-16)19(22(26)24-17-9-5-2-6-10-17)14-21(25-20)15-7-3-1-4-8-15/h1,3-4,7-8,11-14,17H,2,5-6,9-10H2,(H,24,26). The average molecular weight is 348 g/mol. The molecular formula is C22H21FN2O. The number of halogens is 1. The smallest absolute Gasteiger partial charge is 0.252 e. The van der Waals surface area contributed by atoms with Gasteiger partial charge in [0.2, 0.25) is 0 Å². The number of pyridine rings is 1. The number of nitrogens with one attached hydrogen (secondary N) is 1. The molecule has 132 valence electrons. The zero-order valence-electron chi connectivity index (χ0n) is 14.5. The van der Waals surface area contributed by atoms with Crippen LogP contribution in [0.3, 0.4) is 0 Å². The van der Waals surface area contributed by atoms with Crippen LogP contribution in [-0.4, -0.2) is 16.9 Å². The Morgan fingerprint density at radius 2 is 1.77 bits per heavy atom. The second-order valence-electron chi connectivity index (χ2n) is 6.89. The van der Waals surface area contributed by atoms with Crippen LogP contribution in [0.25, 0.3) is 22.2 Å². The van der Waals surface area contributed by atoms with Gasteiger partial charge in [-0.3, -0.25) is 4.79 Å². The first kappa shape index (κ1) is 16.7. The maximum Gasteiger partial charge on any atom is 0.252 e. The molecule has 1 aromatic heterocycles. The van der Waals surface area contributed by atoms with Crippen LogP contribution >= 0.6 is 0 Å². The van der Waals surface area contributed by atoms with E-state index in [-0.39, 0.29) is 17.8 Å². The van der Waals surface area contributed by atoms with Gasteiger partial charge in [0.1, 0.15) is 5.82 Å². The number of rotatable bonds is 3. The Bertz CT molecular complexity index is 934. The molecule has 1 amide bonds. The number of hydrogen-bond donors (Lipinski definition) is 1. The van der Waals surface area contributed by atoms with Crippen molar-refractivity contribution in [2.24, 2.45) is 0 Å². The van der Waals surface area contributed by atoms with Gasteiger partial charge in [-0.25, -0.2) is 9.37 Å². The first-order valence-electron chi connectivity index (χ1n) is 9.17. The van der Waals surface area contributed by atoms with Crippen LogP contribution in [0.4, 0.5) is 4.39 Å². The molecule has 0 atom stereocenters. The molecule has 1 aliphatic rings. The van der Waals surface area contributed by atoms with Crippen molar-refractivity contribution in [1.82, 2.24) is 10.3 Å². The molecule has 1 N–H and O–H groups in total. The summed E-state index contributed by atoms with van der Waals surface area (Å²) < 4.78 is 13.8. The summed E-state index contributed by atoms with van der Waals surface area (Å²) in [6.45, 7) is 0. The highest BCUT2D eigenvalue weighted by atomic mass is 19.1. The highest BCUT2D eigenvalue weighted by Crippen LogP contribution is 2.26. The Balaban J connectivity index is 1.77. The number of carbonyl (C=O) groups is 1. The summed E-state index contributed by atoms with van der Waals surface area (Å²) in [7, 11) is 0. The number of carbonyl (C=O) groups excluding carboxylic acids is 1. The summed E-state index contributed by atoms with van der Waals surface area (Å²) in [5.74, 6) is -0.509. The van der Waals surface area contributed by atoms with E-state index in [0.717, 1.165) is 36.9 Å². The van der Waals surface area contributed by atoms with Gasteiger partial charge in [-0.05, 0) is 37.1 Å². The first-order chi connectivity index (χ1) is 12.7. The van der Waals surface area contributed by atoms with Crippen molar-refractivity contribution in [1.29, 1.82) is 0 Å². The summed E-state index contributed by atoms with van der Waals surface area (Å²) in [4.78, 5) is 17.6. The molecule has 4 rings (SSSR count). The van der Waals surface area contributed by atoms with Crippen molar-refractivity contribution in [2.75, 3.05) is 0 Å². The second-order valence-corrected chi connectivity index (χ2v) is 6.89. The lowest BCUT2D eigenvalue weighted by Crippen LogP contribution is -2.36. The van der Waals surface area contributed by atoms with Gasteiger partial charge in [0.15, 0.2) is 0 Å². The maximum atomic E-state index is 13.8. The van der Waals surface area contributed by atoms with E-state index in [1.165, 1.54) is 18.6 Å². The van der Waals surface area contributed by atoms with Gasteiger partial charge in [0, 0.05) is 17.0 Å². The van der Waals surface area contributed by atoms with Crippen molar-refractivity contribution in [3.63, 3.8) is 0 Å². The molecule has 0 unspecified atom stereocenters. The molecule has 1 saturated carbocycles. The van der Waals surface area contributed by atoms with E-state index in [4.69, 9.17) is 0 Å². The molecule has 1 aliphatic carbocycles. The van der Waals surface area contributed by atoms with Crippen LogP contribution in [0.2, 0.25) is 0 Å². The Kier molecular flexibility index (Phi) is 4.65. The monoisotopic (exact) mass is 348 g/mol. The highest BCUT2D eigenvalue weighted by molar-refractivity contribution is 6.07.